The second-order valence-corrected chi connectivity index (χ2v) is 28.6. The van der Waals surface area contributed by atoms with Crippen LogP contribution in [0.1, 0.15) is 0 Å². The van der Waals surface area contributed by atoms with Crippen molar-refractivity contribution in [1.29, 1.82) is 0 Å². The van der Waals surface area contributed by atoms with Gasteiger partial charge in [0.2, 0.25) is 0 Å². The predicted octanol–water partition coefficient (Wildman–Crippen LogP) is 13.5. The van der Waals surface area contributed by atoms with Gasteiger partial charge in [0, 0.05) is 17.5 Å². The number of imidazole rings is 1. The molecule has 0 aliphatic rings. The van der Waals surface area contributed by atoms with E-state index in [4.69, 9.17) is 21.8 Å². The van der Waals surface area contributed by atoms with Gasteiger partial charge < -0.3 is 0 Å². The second kappa shape index (κ2) is 17.8. The molecule has 1 unspecified atom stereocenters. The standard InChI is InChI=1S/C64H43N3P2SSe/c70-68(48-19-7-2-8-20-48,49-33-29-45(30-34-49)44-17-5-1-6-18-44)52-35-39-59(65-43-52)47-31-36-56-55-26-14-16-28-58(55)64-66-60-38-32-46(41-62(60)67(64)61(56)42-47)53-37-40-63(57-27-15-13-25-54(53)57)69(71,50-21-9-3-10-22-50)51-23-11-4-12-24-51/h1-43H. The molecule has 13 aromatic rings. The Hall–Kier alpha value is -7.32. The number of aromatic nitrogens is 3. The number of pyridine rings is 2. The summed E-state index contributed by atoms with van der Waals surface area (Å²) in [5.74, 6) is 0. The number of rotatable bonds is 9. The molecule has 0 radical (unpaired) electrons. The first kappa shape index (κ1) is 43.7. The largest absolute Gasteiger partial charge is 0.256 e. The van der Waals surface area contributed by atoms with Gasteiger partial charge in [0.05, 0.1) is 5.69 Å². The summed E-state index contributed by atoms with van der Waals surface area (Å²) in [5, 5.41) is 13.2. The number of hydrogen-bond donors (Lipinski definition) is 0. The van der Waals surface area contributed by atoms with Crippen molar-refractivity contribution >= 4 is 119 Å². The number of hydrogen-bond acceptors (Lipinski definition) is 3. The van der Waals surface area contributed by atoms with Crippen molar-refractivity contribution in [1.82, 2.24) is 14.4 Å². The molecule has 13 rings (SSSR count). The molecule has 0 N–H and O–H groups in total. The molecule has 0 saturated carbocycles. The third kappa shape index (κ3) is 7.31. The van der Waals surface area contributed by atoms with E-state index in [9.17, 15) is 0 Å². The number of nitrogens with zero attached hydrogens (tertiary/aromatic N) is 3. The minimum atomic E-state index is -2.44. The summed E-state index contributed by atoms with van der Waals surface area (Å²) >= 11 is 10.6. The van der Waals surface area contributed by atoms with Crippen LogP contribution in [0.25, 0.3) is 82.6 Å². The summed E-state index contributed by atoms with van der Waals surface area (Å²) in [6, 6.07) is 89.5. The molecule has 0 saturated heterocycles. The topological polar surface area (TPSA) is 30.2 Å². The molecule has 0 bridgehead atoms. The Kier molecular flexibility index (Phi) is 11.0. The Morgan fingerprint density at radius 1 is 0.380 bits per heavy atom. The molecule has 3 nitrogen and oxygen atoms in total. The molecule has 3 aromatic heterocycles. The van der Waals surface area contributed by atoms with Crippen LogP contribution >= 0.6 is 11.5 Å². The Bertz CT molecular complexity index is 4220. The molecular formula is C64H43N3P2SSe. The van der Waals surface area contributed by atoms with Crippen LogP contribution in [0.5, 0.6) is 0 Å². The molecule has 0 amide bonds. The van der Waals surface area contributed by atoms with E-state index >= 15 is 0 Å². The molecular weight excluding hydrogens is 984 g/mol. The number of benzene rings is 10. The van der Waals surface area contributed by atoms with E-state index in [1.165, 1.54) is 48.8 Å². The fraction of sp³-hybridized carbons (Fsp3) is 0. The van der Waals surface area contributed by atoms with E-state index in [0.717, 1.165) is 65.7 Å². The summed E-state index contributed by atoms with van der Waals surface area (Å²) in [4.78, 5) is 10.6. The molecule has 0 aliphatic carbocycles. The van der Waals surface area contributed by atoms with Crippen molar-refractivity contribution in [3.8, 4) is 33.5 Å². The minimum absolute atomic E-state index is 0.890. The molecule has 1 atom stereocenters. The maximum atomic E-state index is 6.81. The first-order chi connectivity index (χ1) is 35.0. The average Bonchev–Trinajstić information content (AvgIpc) is 3.85. The second-order valence-electron chi connectivity index (χ2n) is 18.0. The van der Waals surface area contributed by atoms with Crippen molar-refractivity contribution in [2.75, 3.05) is 0 Å². The zero-order chi connectivity index (χ0) is 47.5. The van der Waals surface area contributed by atoms with E-state index in [-0.39, 0.29) is 0 Å². The molecule has 0 spiro atoms. The maximum absolute atomic E-state index is 6.81. The third-order valence-electron chi connectivity index (χ3n) is 14.0. The molecule has 0 fully saturated rings. The normalized spacial score (nSPS) is 12.7. The first-order valence-electron chi connectivity index (χ1n) is 23.8. The van der Waals surface area contributed by atoms with Gasteiger partial charge in [-0.15, -0.1) is 0 Å². The van der Waals surface area contributed by atoms with Crippen LogP contribution in [0.4, 0.5) is 0 Å². The van der Waals surface area contributed by atoms with Gasteiger partial charge in [-0.05, 0) is 33.9 Å². The van der Waals surface area contributed by atoms with Crippen LogP contribution < -0.4 is 31.8 Å². The van der Waals surface area contributed by atoms with E-state index in [1.807, 2.05) is 6.20 Å². The number of fused-ring (bicyclic) bond motifs is 9. The van der Waals surface area contributed by atoms with Crippen LogP contribution in [0.2, 0.25) is 0 Å². The quantitative estimate of drug-likeness (QED) is 0.0820. The van der Waals surface area contributed by atoms with Crippen LogP contribution in [0.3, 0.4) is 0 Å². The fourth-order valence-electron chi connectivity index (χ4n) is 10.5. The van der Waals surface area contributed by atoms with Crippen LogP contribution in [0.15, 0.2) is 261 Å². The molecule has 10 aromatic carbocycles. The van der Waals surface area contributed by atoms with Crippen LogP contribution in [-0.4, -0.2) is 29.5 Å². The van der Waals surface area contributed by atoms with Gasteiger partial charge in [-0.25, -0.2) is 0 Å². The van der Waals surface area contributed by atoms with Crippen LogP contribution in [-0.2, 0) is 11.8 Å². The average molecular weight is 1030 g/mol. The zero-order valence-corrected chi connectivity index (χ0v) is 42.7. The third-order valence-corrected chi connectivity index (χ3v) is 26.0. The summed E-state index contributed by atoms with van der Waals surface area (Å²) in [7, 11) is 0. The van der Waals surface area contributed by atoms with E-state index in [0.29, 0.717) is 0 Å². The summed E-state index contributed by atoms with van der Waals surface area (Å²) < 4.78 is 2.36. The van der Waals surface area contributed by atoms with Gasteiger partial charge in [-0.3, -0.25) is 4.98 Å². The SMILES string of the molecule is S=P(c1ccccc1)(c1ccc(-c2ccccc2)cc1)c1ccc(-c2ccc3c4ccccc4c4nc5ccc(-c6ccc(P(=[Se])(c7ccccc7)c7ccccc7)c7ccccc67)cc5n4c3c2)nc1. The summed E-state index contributed by atoms with van der Waals surface area (Å²) in [6.45, 7) is 0. The molecule has 336 valence electrons. The van der Waals surface area contributed by atoms with Gasteiger partial charge in [-0.1, -0.05) is 121 Å². The van der Waals surface area contributed by atoms with Crippen molar-refractivity contribution in [2.45, 2.75) is 0 Å². The first-order valence-corrected chi connectivity index (χ1v) is 30.6. The molecule has 71 heavy (non-hydrogen) atoms. The Morgan fingerprint density at radius 2 is 0.901 bits per heavy atom. The van der Waals surface area contributed by atoms with E-state index in [2.05, 4.69) is 274 Å². The Labute approximate surface area is 425 Å². The summed E-state index contributed by atoms with van der Waals surface area (Å²) in [5.41, 5.74) is 8.50. The minimum Gasteiger partial charge on any atom is -0.256 e. The monoisotopic (exact) mass is 1030 g/mol. The molecule has 3 heterocycles. The van der Waals surface area contributed by atoms with E-state index in [1.54, 1.807) is 0 Å². The maximum Gasteiger partial charge on any atom is 0.0366 e. The smallest absolute Gasteiger partial charge is 0.0366 e. The van der Waals surface area contributed by atoms with Gasteiger partial charge in [0.1, 0.15) is 0 Å². The van der Waals surface area contributed by atoms with Crippen molar-refractivity contribution in [2.24, 2.45) is 0 Å². The van der Waals surface area contributed by atoms with E-state index < -0.39 is 11.5 Å². The predicted molar refractivity (Wildman–Crippen MR) is 310 cm³/mol. The van der Waals surface area contributed by atoms with Crippen molar-refractivity contribution < 1.29 is 0 Å². The Balaban J connectivity index is 0.945. The van der Waals surface area contributed by atoms with Gasteiger partial charge >= 0.3 is 245 Å². The van der Waals surface area contributed by atoms with Crippen molar-refractivity contribution in [3.63, 3.8) is 0 Å². The van der Waals surface area contributed by atoms with Crippen LogP contribution in [0, 0.1) is 0 Å². The van der Waals surface area contributed by atoms with Gasteiger partial charge in [0.25, 0.3) is 0 Å². The summed E-state index contributed by atoms with van der Waals surface area (Å²) in [6.07, 6.45) is 2.02. The van der Waals surface area contributed by atoms with Gasteiger partial charge in [-0.2, -0.15) is 0 Å². The molecule has 0 aliphatic heterocycles. The zero-order valence-electron chi connectivity index (χ0n) is 38.4. The Morgan fingerprint density at radius 3 is 1.56 bits per heavy atom. The fourth-order valence-corrected chi connectivity index (χ4v) is 19.5. The van der Waals surface area contributed by atoms with Gasteiger partial charge in [0.15, 0.2) is 0 Å². The van der Waals surface area contributed by atoms with Crippen molar-refractivity contribution in [3.05, 3.63) is 261 Å². The molecule has 7 heteroatoms.